The second-order valence-electron chi connectivity index (χ2n) is 5.84. The minimum atomic E-state index is -4.67. The van der Waals surface area contributed by atoms with Gasteiger partial charge in [0.05, 0.1) is 26.9 Å². The smallest absolute Gasteiger partial charge is 0.325 e. The molecule has 2 aromatic carbocycles. The number of nitrogens with zero attached hydrogens (tertiary/aromatic N) is 2. The summed E-state index contributed by atoms with van der Waals surface area (Å²) >= 11 is 13.7. The van der Waals surface area contributed by atoms with Crippen LogP contribution in [0.3, 0.4) is 0 Å². The van der Waals surface area contributed by atoms with Gasteiger partial charge >= 0.3 is 6.18 Å². The Morgan fingerprint density at radius 1 is 1.03 bits per heavy atom. The van der Waals surface area contributed by atoms with Crippen molar-refractivity contribution >= 4 is 68.9 Å². The molecule has 13 heteroatoms. The molecule has 0 saturated carbocycles. The van der Waals surface area contributed by atoms with Gasteiger partial charge in [-0.2, -0.15) is 13.2 Å². The lowest BCUT2D eigenvalue weighted by molar-refractivity contribution is -0.137. The molecule has 2 amide bonds. The number of amides is 2. The van der Waals surface area contributed by atoms with Crippen molar-refractivity contribution in [3.63, 3.8) is 0 Å². The highest BCUT2D eigenvalue weighted by Crippen LogP contribution is 2.33. The standard InChI is InChI=1S/C18H11Cl2F3N4O2S2/c19-12-6-5-9(7-13(12)20)24-14(28)8-30-17-27-26-16(31-17)25-15(29)10-3-1-2-4-11(10)18(21,22)23/h1-7H,8H2,(H,24,28)(H,25,26,29). The van der Waals surface area contributed by atoms with Crippen LogP contribution < -0.4 is 10.6 Å². The van der Waals surface area contributed by atoms with E-state index in [0.29, 0.717) is 20.1 Å². The molecular formula is C18H11Cl2F3N4O2S2. The van der Waals surface area contributed by atoms with E-state index >= 15 is 0 Å². The van der Waals surface area contributed by atoms with Crippen LogP contribution in [0.25, 0.3) is 0 Å². The number of aromatic nitrogens is 2. The summed E-state index contributed by atoms with van der Waals surface area (Å²) in [5, 5.41) is 13.1. The quantitative estimate of drug-likeness (QED) is 0.323. The Balaban J connectivity index is 1.58. The van der Waals surface area contributed by atoms with Crippen LogP contribution >= 0.6 is 46.3 Å². The van der Waals surface area contributed by atoms with Crippen molar-refractivity contribution in [1.82, 2.24) is 10.2 Å². The molecule has 31 heavy (non-hydrogen) atoms. The Kier molecular flexibility index (Phi) is 7.42. The molecule has 0 spiro atoms. The SMILES string of the molecule is O=C(CSc1nnc(NC(=O)c2ccccc2C(F)(F)F)s1)Nc1ccc(Cl)c(Cl)c1. The topological polar surface area (TPSA) is 84.0 Å². The number of thioether (sulfide) groups is 1. The second-order valence-corrected chi connectivity index (χ2v) is 8.85. The summed E-state index contributed by atoms with van der Waals surface area (Å²) in [4.78, 5) is 24.3. The summed E-state index contributed by atoms with van der Waals surface area (Å²) in [6.45, 7) is 0. The molecule has 3 aromatic rings. The summed E-state index contributed by atoms with van der Waals surface area (Å²) in [5.41, 5.74) is -1.11. The predicted octanol–water partition coefficient (Wildman–Crippen LogP) is 5.85. The maximum absolute atomic E-state index is 13.1. The van der Waals surface area contributed by atoms with E-state index in [9.17, 15) is 22.8 Å². The molecule has 0 saturated heterocycles. The molecule has 0 atom stereocenters. The first-order chi connectivity index (χ1) is 14.6. The van der Waals surface area contributed by atoms with Gasteiger partial charge in [0.25, 0.3) is 5.91 Å². The summed E-state index contributed by atoms with van der Waals surface area (Å²) in [6, 6.07) is 9.06. The van der Waals surface area contributed by atoms with Crippen LogP contribution in [0.2, 0.25) is 10.0 Å². The monoisotopic (exact) mass is 506 g/mol. The molecule has 0 unspecified atom stereocenters. The molecule has 0 bridgehead atoms. The number of hydrogen-bond donors (Lipinski definition) is 2. The minimum Gasteiger partial charge on any atom is -0.325 e. The van der Waals surface area contributed by atoms with E-state index < -0.39 is 23.2 Å². The highest BCUT2D eigenvalue weighted by molar-refractivity contribution is 8.01. The fourth-order valence-corrected chi connectivity index (χ4v) is 4.15. The fraction of sp³-hybridized carbons (Fsp3) is 0.111. The van der Waals surface area contributed by atoms with Crippen molar-refractivity contribution in [2.24, 2.45) is 0 Å². The van der Waals surface area contributed by atoms with Crippen molar-refractivity contribution in [3.05, 3.63) is 63.6 Å². The number of rotatable bonds is 6. The van der Waals surface area contributed by atoms with Gasteiger partial charge < -0.3 is 5.32 Å². The maximum Gasteiger partial charge on any atom is 0.417 e. The van der Waals surface area contributed by atoms with Gasteiger partial charge in [0, 0.05) is 5.69 Å². The van der Waals surface area contributed by atoms with Crippen molar-refractivity contribution < 1.29 is 22.8 Å². The summed E-state index contributed by atoms with van der Waals surface area (Å²) in [6.07, 6.45) is -4.67. The first-order valence-electron chi connectivity index (χ1n) is 8.32. The van der Waals surface area contributed by atoms with Crippen LogP contribution in [-0.2, 0) is 11.0 Å². The van der Waals surface area contributed by atoms with Crippen LogP contribution in [-0.4, -0.2) is 27.8 Å². The van der Waals surface area contributed by atoms with E-state index in [2.05, 4.69) is 20.8 Å². The first kappa shape index (κ1) is 23.3. The largest absolute Gasteiger partial charge is 0.417 e. The van der Waals surface area contributed by atoms with Crippen molar-refractivity contribution in [2.75, 3.05) is 16.4 Å². The number of benzene rings is 2. The zero-order chi connectivity index (χ0) is 22.6. The molecule has 1 aromatic heterocycles. The summed E-state index contributed by atoms with van der Waals surface area (Å²) < 4.78 is 39.5. The Bertz CT molecular complexity index is 1130. The number of hydrogen-bond acceptors (Lipinski definition) is 6. The van der Waals surface area contributed by atoms with Crippen molar-refractivity contribution in [1.29, 1.82) is 0 Å². The fourth-order valence-electron chi connectivity index (χ4n) is 2.31. The van der Waals surface area contributed by atoms with Crippen molar-refractivity contribution in [3.8, 4) is 0 Å². The third-order valence-electron chi connectivity index (χ3n) is 3.63. The van der Waals surface area contributed by atoms with Gasteiger partial charge in [-0.15, -0.1) is 10.2 Å². The van der Waals surface area contributed by atoms with Crippen LogP contribution in [0.5, 0.6) is 0 Å². The number of carbonyl (C=O) groups is 2. The first-order valence-corrected chi connectivity index (χ1v) is 10.9. The second kappa shape index (κ2) is 9.86. The van der Waals surface area contributed by atoms with Gasteiger partial charge in [-0.3, -0.25) is 14.9 Å². The maximum atomic E-state index is 13.1. The molecule has 0 aliphatic rings. The number of anilines is 2. The Hall–Kier alpha value is -2.34. The Labute approximate surface area is 192 Å². The normalized spacial score (nSPS) is 11.3. The minimum absolute atomic E-state index is 0.00867. The van der Waals surface area contributed by atoms with Gasteiger partial charge in [0.1, 0.15) is 0 Å². The van der Waals surface area contributed by atoms with Gasteiger partial charge in [0.2, 0.25) is 11.0 Å². The molecule has 162 valence electrons. The number of alkyl halides is 3. The number of halogens is 5. The van der Waals surface area contributed by atoms with E-state index in [4.69, 9.17) is 23.2 Å². The molecule has 6 nitrogen and oxygen atoms in total. The average molecular weight is 507 g/mol. The molecule has 0 aliphatic heterocycles. The number of carbonyl (C=O) groups excluding carboxylic acids is 2. The Morgan fingerprint density at radius 3 is 2.48 bits per heavy atom. The van der Waals surface area contributed by atoms with Crippen LogP contribution in [0.15, 0.2) is 46.8 Å². The van der Waals surface area contributed by atoms with Gasteiger partial charge in [0.15, 0.2) is 4.34 Å². The van der Waals surface area contributed by atoms with Crippen LogP contribution in [0.4, 0.5) is 24.0 Å². The van der Waals surface area contributed by atoms with Crippen molar-refractivity contribution in [2.45, 2.75) is 10.5 Å². The zero-order valence-corrected chi connectivity index (χ0v) is 18.3. The van der Waals surface area contributed by atoms with E-state index in [-0.39, 0.29) is 16.8 Å². The average Bonchev–Trinajstić information content (AvgIpc) is 3.16. The van der Waals surface area contributed by atoms with Crippen LogP contribution in [0, 0.1) is 0 Å². The molecule has 1 heterocycles. The summed E-state index contributed by atoms with van der Waals surface area (Å²) in [7, 11) is 0. The van der Waals surface area contributed by atoms with Gasteiger partial charge in [-0.1, -0.05) is 58.4 Å². The highest BCUT2D eigenvalue weighted by Gasteiger charge is 2.35. The molecule has 0 fully saturated rings. The molecule has 0 radical (unpaired) electrons. The van der Waals surface area contributed by atoms with Gasteiger partial charge in [-0.05, 0) is 30.3 Å². The molecule has 0 aliphatic carbocycles. The lowest BCUT2D eigenvalue weighted by Crippen LogP contribution is -2.18. The highest BCUT2D eigenvalue weighted by atomic mass is 35.5. The lowest BCUT2D eigenvalue weighted by atomic mass is 10.1. The van der Waals surface area contributed by atoms with E-state index in [1.165, 1.54) is 18.2 Å². The summed E-state index contributed by atoms with van der Waals surface area (Å²) in [5.74, 6) is -1.32. The number of nitrogens with one attached hydrogen (secondary N) is 2. The third-order valence-corrected chi connectivity index (χ3v) is 6.35. The molecule has 3 rings (SSSR count). The molecule has 2 N–H and O–H groups in total. The van der Waals surface area contributed by atoms with Gasteiger partial charge in [-0.25, -0.2) is 0 Å². The lowest BCUT2D eigenvalue weighted by Gasteiger charge is -2.11. The predicted molar refractivity (Wildman–Crippen MR) is 115 cm³/mol. The van der Waals surface area contributed by atoms with E-state index in [1.807, 2.05) is 0 Å². The van der Waals surface area contributed by atoms with E-state index in [0.717, 1.165) is 35.2 Å². The zero-order valence-electron chi connectivity index (χ0n) is 15.2. The molecular weight excluding hydrogens is 496 g/mol. The Morgan fingerprint density at radius 2 is 1.77 bits per heavy atom. The van der Waals surface area contributed by atoms with E-state index in [1.54, 1.807) is 12.1 Å². The third kappa shape index (κ3) is 6.33. The van der Waals surface area contributed by atoms with Crippen LogP contribution in [0.1, 0.15) is 15.9 Å².